The van der Waals surface area contributed by atoms with E-state index in [0.29, 0.717) is 16.9 Å². The number of halogens is 1. The normalized spacial score (nSPS) is 12.8. The largest absolute Gasteiger partial charge is 0.396 e. The van der Waals surface area contributed by atoms with E-state index in [-0.39, 0.29) is 6.61 Å². The van der Waals surface area contributed by atoms with Crippen LogP contribution in [0.4, 0.5) is 5.95 Å². The molecule has 0 saturated carbocycles. The fraction of sp³-hybridized carbons (Fsp3) is 0.500. The van der Waals surface area contributed by atoms with Crippen molar-refractivity contribution in [3.8, 4) is 0 Å². The summed E-state index contributed by atoms with van der Waals surface area (Å²) in [4.78, 5) is 4.34. The predicted octanol–water partition coefficient (Wildman–Crippen LogP) is 2.20. The van der Waals surface area contributed by atoms with E-state index in [2.05, 4.69) is 22.3 Å². The summed E-state index contributed by atoms with van der Waals surface area (Å²) in [6, 6.07) is 3.61. The first-order chi connectivity index (χ1) is 8.72. The highest BCUT2D eigenvalue weighted by Gasteiger charge is 2.08. The Hall–Kier alpha value is -1.33. The fourth-order valence-electron chi connectivity index (χ4n) is 1.80. The maximum atomic E-state index is 8.93. The van der Waals surface area contributed by atoms with Gasteiger partial charge in [0.15, 0.2) is 5.65 Å². The number of rotatable bonds is 6. The third kappa shape index (κ3) is 3.11. The molecule has 1 unspecified atom stereocenters. The smallest absolute Gasteiger partial charge is 0.243 e. The quantitative estimate of drug-likeness (QED) is 0.843. The maximum absolute atomic E-state index is 8.93. The second kappa shape index (κ2) is 6.02. The molecular weight excluding hydrogens is 252 g/mol. The molecule has 2 aromatic rings. The Kier molecular flexibility index (Phi) is 4.38. The number of nitrogens with zero attached hydrogens (tertiary/aromatic N) is 3. The molecule has 2 aromatic heterocycles. The summed E-state index contributed by atoms with van der Waals surface area (Å²) in [6.07, 6.45) is 3.54. The highest BCUT2D eigenvalue weighted by molar-refractivity contribution is 6.30. The highest BCUT2D eigenvalue weighted by Crippen LogP contribution is 2.13. The molecule has 6 heteroatoms. The number of fused-ring (bicyclic) bond motifs is 1. The molecule has 0 fully saturated rings. The van der Waals surface area contributed by atoms with Crippen LogP contribution in [-0.2, 0) is 0 Å². The molecule has 5 nitrogen and oxygen atoms in total. The molecule has 2 heterocycles. The molecule has 98 valence electrons. The average molecular weight is 269 g/mol. The molecule has 0 aliphatic heterocycles. The van der Waals surface area contributed by atoms with Crippen molar-refractivity contribution in [2.24, 2.45) is 5.92 Å². The van der Waals surface area contributed by atoms with Crippen LogP contribution < -0.4 is 5.32 Å². The second-order valence-corrected chi connectivity index (χ2v) is 4.69. The third-order valence-corrected chi connectivity index (χ3v) is 3.18. The lowest BCUT2D eigenvalue weighted by atomic mass is 10.0. The number of hydrogen-bond donors (Lipinski definition) is 2. The van der Waals surface area contributed by atoms with Gasteiger partial charge in [-0.3, -0.25) is 0 Å². The van der Waals surface area contributed by atoms with E-state index in [1.807, 2.05) is 6.07 Å². The Morgan fingerprint density at radius 2 is 2.33 bits per heavy atom. The zero-order chi connectivity index (χ0) is 13.0. The summed E-state index contributed by atoms with van der Waals surface area (Å²) in [5.74, 6) is 1.03. The molecule has 0 aliphatic carbocycles. The topological polar surface area (TPSA) is 62.5 Å². The molecule has 18 heavy (non-hydrogen) atoms. The van der Waals surface area contributed by atoms with Crippen molar-refractivity contribution in [3.63, 3.8) is 0 Å². The van der Waals surface area contributed by atoms with Crippen LogP contribution in [0.5, 0.6) is 0 Å². The summed E-state index contributed by atoms with van der Waals surface area (Å²) < 4.78 is 1.65. The fourth-order valence-corrected chi connectivity index (χ4v) is 1.96. The molecule has 0 spiro atoms. The number of aromatic nitrogens is 3. The van der Waals surface area contributed by atoms with Crippen molar-refractivity contribution in [1.82, 2.24) is 14.6 Å². The summed E-state index contributed by atoms with van der Waals surface area (Å²) >= 11 is 5.88. The van der Waals surface area contributed by atoms with E-state index in [1.165, 1.54) is 0 Å². The van der Waals surface area contributed by atoms with E-state index in [9.17, 15) is 0 Å². The second-order valence-electron chi connectivity index (χ2n) is 4.25. The molecule has 0 bridgehead atoms. The van der Waals surface area contributed by atoms with Crippen molar-refractivity contribution < 1.29 is 5.11 Å². The Morgan fingerprint density at radius 3 is 3.06 bits per heavy atom. The van der Waals surface area contributed by atoms with Crippen LogP contribution in [0.25, 0.3) is 5.65 Å². The van der Waals surface area contributed by atoms with Gasteiger partial charge in [0.25, 0.3) is 0 Å². The molecule has 0 amide bonds. The van der Waals surface area contributed by atoms with Gasteiger partial charge < -0.3 is 10.4 Å². The SMILES string of the molecule is CCC(CCO)CNc1nc2ccc(Cl)cn2n1. The van der Waals surface area contributed by atoms with E-state index < -0.39 is 0 Å². The van der Waals surface area contributed by atoms with Crippen LogP contribution in [0, 0.1) is 5.92 Å². The van der Waals surface area contributed by atoms with Crippen LogP contribution in [-0.4, -0.2) is 32.9 Å². The zero-order valence-corrected chi connectivity index (χ0v) is 11.1. The van der Waals surface area contributed by atoms with E-state index >= 15 is 0 Å². The molecule has 0 aliphatic rings. The number of aliphatic hydroxyl groups is 1. The van der Waals surface area contributed by atoms with Crippen LogP contribution in [0.3, 0.4) is 0 Å². The lowest BCUT2D eigenvalue weighted by Crippen LogP contribution is -2.15. The highest BCUT2D eigenvalue weighted by atomic mass is 35.5. The Morgan fingerprint density at radius 1 is 1.50 bits per heavy atom. The third-order valence-electron chi connectivity index (χ3n) is 2.96. The van der Waals surface area contributed by atoms with Gasteiger partial charge in [-0.15, -0.1) is 5.10 Å². The van der Waals surface area contributed by atoms with E-state index in [1.54, 1.807) is 16.8 Å². The van der Waals surface area contributed by atoms with Gasteiger partial charge >= 0.3 is 0 Å². The molecule has 0 saturated heterocycles. The van der Waals surface area contributed by atoms with Gasteiger partial charge in [0.1, 0.15) is 0 Å². The first-order valence-corrected chi connectivity index (χ1v) is 6.47. The van der Waals surface area contributed by atoms with Crippen molar-refractivity contribution in [2.45, 2.75) is 19.8 Å². The monoisotopic (exact) mass is 268 g/mol. The number of aliphatic hydroxyl groups excluding tert-OH is 1. The van der Waals surface area contributed by atoms with Gasteiger partial charge in [-0.25, -0.2) is 4.52 Å². The Balaban J connectivity index is 2.03. The van der Waals surface area contributed by atoms with E-state index in [0.717, 1.165) is 25.0 Å². The van der Waals surface area contributed by atoms with Crippen molar-refractivity contribution in [3.05, 3.63) is 23.4 Å². The van der Waals surface area contributed by atoms with Crippen molar-refractivity contribution in [2.75, 3.05) is 18.5 Å². The maximum Gasteiger partial charge on any atom is 0.243 e. The van der Waals surface area contributed by atoms with Crippen molar-refractivity contribution >= 4 is 23.2 Å². The first-order valence-electron chi connectivity index (χ1n) is 6.09. The molecule has 0 radical (unpaired) electrons. The van der Waals surface area contributed by atoms with Gasteiger partial charge in [-0.2, -0.15) is 4.98 Å². The van der Waals surface area contributed by atoms with Gasteiger partial charge in [0.2, 0.25) is 5.95 Å². The number of hydrogen-bond acceptors (Lipinski definition) is 4. The van der Waals surface area contributed by atoms with Crippen LogP contribution in [0.2, 0.25) is 5.02 Å². The molecule has 2 rings (SSSR count). The molecule has 2 N–H and O–H groups in total. The van der Waals surface area contributed by atoms with Gasteiger partial charge in [0.05, 0.1) is 5.02 Å². The minimum absolute atomic E-state index is 0.217. The van der Waals surface area contributed by atoms with Crippen LogP contribution in [0.1, 0.15) is 19.8 Å². The molecule has 1 atom stereocenters. The summed E-state index contributed by atoms with van der Waals surface area (Å²) in [5.41, 5.74) is 0.761. The van der Waals surface area contributed by atoms with Gasteiger partial charge in [-0.1, -0.05) is 24.9 Å². The van der Waals surface area contributed by atoms with Gasteiger partial charge in [0, 0.05) is 19.3 Å². The summed E-state index contributed by atoms with van der Waals surface area (Å²) in [7, 11) is 0. The first kappa shape index (κ1) is 13.1. The summed E-state index contributed by atoms with van der Waals surface area (Å²) in [5, 5.41) is 17.0. The Labute approximate surface area is 111 Å². The standard InChI is InChI=1S/C12H17ClN4O/c1-2-9(5-6-18)7-14-12-15-11-4-3-10(13)8-17(11)16-12/h3-4,8-9,18H,2,5-7H2,1H3,(H,14,16). The average Bonchev–Trinajstić information content (AvgIpc) is 2.76. The van der Waals surface area contributed by atoms with Crippen LogP contribution >= 0.6 is 11.6 Å². The number of nitrogens with one attached hydrogen (secondary N) is 1. The lowest BCUT2D eigenvalue weighted by Gasteiger charge is -2.12. The lowest BCUT2D eigenvalue weighted by molar-refractivity contribution is 0.258. The molecule has 0 aromatic carbocycles. The summed E-state index contributed by atoms with van der Waals surface area (Å²) in [6.45, 7) is 3.09. The van der Waals surface area contributed by atoms with Crippen LogP contribution in [0.15, 0.2) is 18.3 Å². The zero-order valence-electron chi connectivity index (χ0n) is 10.3. The predicted molar refractivity (Wildman–Crippen MR) is 72.0 cm³/mol. The van der Waals surface area contributed by atoms with Crippen molar-refractivity contribution in [1.29, 1.82) is 0 Å². The van der Waals surface area contributed by atoms with Gasteiger partial charge in [-0.05, 0) is 24.5 Å². The minimum atomic E-state index is 0.217. The number of anilines is 1. The minimum Gasteiger partial charge on any atom is -0.396 e. The molecular formula is C12H17ClN4O. The number of pyridine rings is 1. The Bertz CT molecular complexity index is 514. The van der Waals surface area contributed by atoms with E-state index in [4.69, 9.17) is 16.7 Å².